The van der Waals surface area contributed by atoms with Gasteiger partial charge in [0, 0.05) is 12.1 Å². The van der Waals surface area contributed by atoms with Gasteiger partial charge in [-0.15, -0.1) is 0 Å². The molecular formula is C22H25N3O4S. The van der Waals surface area contributed by atoms with Gasteiger partial charge in [-0.3, -0.25) is 14.5 Å². The third-order valence-corrected chi connectivity index (χ3v) is 6.76. The molecule has 1 unspecified atom stereocenters. The molecule has 2 aromatic carbocycles. The summed E-state index contributed by atoms with van der Waals surface area (Å²) in [6, 6.07) is 15.8. The summed E-state index contributed by atoms with van der Waals surface area (Å²) < 4.78 is 33.1. The highest BCUT2D eigenvalue weighted by Gasteiger charge is 2.35. The van der Waals surface area contributed by atoms with E-state index in [4.69, 9.17) is 4.74 Å². The number of aliphatic imine (C=N–C) groups is 1. The van der Waals surface area contributed by atoms with Crippen LogP contribution in [0.1, 0.15) is 31.1 Å². The number of nitrogens with zero attached hydrogens (tertiary/aromatic N) is 2. The molecule has 8 heteroatoms. The van der Waals surface area contributed by atoms with Crippen molar-refractivity contribution in [3.05, 3.63) is 65.7 Å². The van der Waals surface area contributed by atoms with Gasteiger partial charge in [0.05, 0.1) is 18.0 Å². The van der Waals surface area contributed by atoms with Crippen LogP contribution in [-0.4, -0.2) is 50.8 Å². The van der Waals surface area contributed by atoms with E-state index in [1.54, 1.807) is 29.2 Å². The molecule has 2 atom stereocenters. The third kappa shape index (κ3) is 3.97. The van der Waals surface area contributed by atoms with Gasteiger partial charge < -0.3 is 9.64 Å². The molecular weight excluding hydrogens is 402 g/mol. The van der Waals surface area contributed by atoms with Crippen LogP contribution in [-0.2, 0) is 19.6 Å². The SMILES string of the molecule is CC(C)[C@H](N=C1NS(=O)(=O)c2ccccc21)C(=O)N1CCOC(c2ccccc2)C1. The number of benzene rings is 2. The second-order valence-electron chi connectivity index (χ2n) is 7.82. The van der Waals surface area contributed by atoms with Crippen molar-refractivity contribution in [3.8, 4) is 0 Å². The number of fused-ring (bicyclic) bond motifs is 1. The smallest absolute Gasteiger partial charge is 0.263 e. The molecule has 0 aliphatic carbocycles. The highest BCUT2D eigenvalue weighted by Crippen LogP contribution is 2.26. The number of amides is 1. The number of sulfonamides is 1. The van der Waals surface area contributed by atoms with Gasteiger partial charge in [0.15, 0.2) is 0 Å². The second kappa shape index (κ2) is 8.20. The highest BCUT2D eigenvalue weighted by atomic mass is 32.2. The number of hydrogen-bond donors (Lipinski definition) is 1. The van der Waals surface area contributed by atoms with Crippen LogP contribution < -0.4 is 4.72 Å². The van der Waals surface area contributed by atoms with Gasteiger partial charge in [0.1, 0.15) is 18.0 Å². The van der Waals surface area contributed by atoms with Gasteiger partial charge in [-0.25, -0.2) is 8.42 Å². The highest BCUT2D eigenvalue weighted by molar-refractivity contribution is 7.90. The number of ether oxygens (including phenoxy) is 1. The summed E-state index contributed by atoms with van der Waals surface area (Å²) in [6.45, 7) is 5.20. The fraction of sp³-hybridized carbons (Fsp3) is 0.364. The maximum atomic E-state index is 13.4. The standard InChI is InChI=1S/C22H25N3O4S/c1-15(2)20(23-21-17-10-6-7-11-19(17)30(27,28)24-21)22(26)25-12-13-29-18(14-25)16-8-4-3-5-9-16/h3-11,15,18,20H,12-14H2,1-2H3,(H,23,24)/t18?,20-/m0/s1. The molecule has 4 rings (SSSR count). The van der Waals surface area contributed by atoms with Gasteiger partial charge in [-0.05, 0) is 23.6 Å². The summed E-state index contributed by atoms with van der Waals surface area (Å²) in [5.41, 5.74) is 1.53. The molecule has 0 radical (unpaired) electrons. The molecule has 0 saturated carbocycles. The van der Waals surface area contributed by atoms with Crippen molar-refractivity contribution < 1.29 is 17.9 Å². The summed E-state index contributed by atoms with van der Waals surface area (Å²) in [4.78, 5) is 19.9. The normalized spacial score (nSPS) is 22.6. The van der Waals surface area contributed by atoms with Crippen molar-refractivity contribution in [2.45, 2.75) is 30.9 Å². The van der Waals surface area contributed by atoms with E-state index in [2.05, 4.69) is 9.71 Å². The summed E-state index contributed by atoms with van der Waals surface area (Å²) in [5, 5.41) is 0. The maximum Gasteiger partial charge on any atom is 0.263 e. The van der Waals surface area contributed by atoms with E-state index < -0.39 is 16.1 Å². The summed E-state index contributed by atoms with van der Waals surface area (Å²) in [5.74, 6) is 0.0103. The van der Waals surface area contributed by atoms with Crippen LogP contribution in [0.5, 0.6) is 0 Å². The van der Waals surface area contributed by atoms with Gasteiger partial charge >= 0.3 is 0 Å². The molecule has 0 bridgehead atoms. The van der Waals surface area contributed by atoms with Gasteiger partial charge in [-0.1, -0.05) is 56.3 Å². The van der Waals surface area contributed by atoms with E-state index in [1.165, 1.54) is 0 Å². The van der Waals surface area contributed by atoms with Crippen LogP contribution in [0.3, 0.4) is 0 Å². The molecule has 2 aliphatic rings. The van der Waals surface area contributed by atoms with Crippen LogP contribution in [0.2, 0.25) is 0 Å². The van der Waals surface area contributed by atoms with E-state index in [0.717, 1.165) is 5.56 Å². The maximum absolute atomic E-state index is 13.4. The fourth-order valence-electron chi connectivity index (χ4n) is 3.76. The Morgan fingerprint density at radius 3 is 2.57 bits per heavy atom. The fourth-order valence-corrected chi connectivity index (χ4v) is 5.00. The first-order chi connectivity index (χ1) is 14.4. The van der Waals surface area contributed by atoms with Crippen molar-refractivity contribution >= 4 is 21.8 Å². The Bertz CT molecular complexity index is 1070. The Labute approximate surface area is 176 Å². The molecule has 1 N–H and O–H groups in total. The number of morpholine rings is 1. The average molecular weight is 428 g/mol. The van der Waals surface area contributed by atoms with Crippen molar-refractivity contribution in [2.75, 3.05) is 19.7 Å². The Morgan fingerprint density at radius 1 is 1.13 bits per heavy atom. The molecule has 7 nitrogen and oxygen atoms in total. The Hall–Kier alpha value is -2.71. The number of rotatable bonds is 4. The lowest BCUT2D eigenvalue weighted by atomic mass is 10.0. The minimum Gasteiger partial charge on any atom is -0.370 e. The van der Waals surface area contributed by atoms with E-state index in [-0.39, 0.29) is 28.7 Å². The van der Waals surface area contributed by atoms with Crippen LogP contribution in [0.4, 0.5) is 0 Å². The number of nitrogens with one attached hydrogen (secondary N) is 1. The van der Waals surface area contributed by atoms with Gasteiger partial charge in [0.2, 0.25) is 5.91 Å². The molecule has 0 spiro atoms. The van der Waals surface area contributed by atoms with E-state index in [1.807, 2.05) is 44.2 Å². The summed E-state index contributed by atoms with van der Waals surface area (Å²) in [7, 11) is -3.65. The molecule has 30 heavy (non-hydrogen) atoms. The molecule has 2 heterocycles. The number of hydrogen-bond acceptors (Lipinski definition) is 5. The molecule has 158 valence electrons. The third-order valence-electron chi connectivity index (χ3n) is 5.36. The van der Waals surface area contributed by atoms with Crippen LogP contribution in [0, 0.1) is 5.92 Å². The average Bonchev–Trinajstić information content (AvgIpc) is 3.02. The molecule has 1 amide bonds. The Kier molecular flexibility index (Phi) is 5.62. The van der Waals surface area contributed by atoms with Crippen molar-refractivity contribution in [3.63, 3.8) is 0 Å². The first kappa shape index (κ1) is 20.6. The lowest BCUT2D eigenvalue weighted by Gasteiger charge is -2.35. The zero-order valence-electron chi connectivity index (χ0n) is 17.0. The Balaban J connectivity index is 1.59. The number of amidine groups is 1. The van der Waals surface area contributed by atoms with Crippen molar-refractivity contribution in [2.24, 2.45) is 10.9 Å². The minimum absolute atomic E-state index is 0.0970. The zero-order valence-corrected chi connectivity index (χ0v) is 17.8. The van der Waals surface area contributed by atoms with Crippen LogP contribution in [0.15, 0.2) is 64.5 Å². The lowest BCUT2D eigenvalue weighted by molar-refractivity contribution is -0.141. The zero-order chi connectivity index (χ0) is 21.3. The number of carbonyl (C=O) groups is 1. The summed E-state index contributed by atoms with van der Waals surface area (Å²) >= 11 is 0. The second-order valence-corrected chi connectivity index (χ2v) is 9.47. The van der Waals surface area contributed by atoms with E-state index in [9.17, 15) is 13.2 Å². The van der Waals surface area contributed by atoms with Crippen LogP contribution in [0.25, 0.3) is 0 Å². The van der Waals surface area contributed by atoms with Crippen molar-refractivity contribution in [1.82, 2.24) is 9.62 Å². The topological polar surface area (TPSA) is 88.1 Å². The van der Waals surface area contributed by atoms with Crippen LogP contribution >= 0.6 is 0 Å². The molecule has 2 aromatic rings. The number of carbonyl (C=O) groups excluding carboxylic acids is 1. The first-order valence-electron chi connectivity index (χ1n) is 10.0. The largest absolute Gasteiger partial charge is 0.370 e. The monoisotopic (exact) mass is 427 g/mol. The summed E-state index contributed by atoms with van der Waals surface area (Å²) in [6.07, 6.45) is -0.185. The molecule has 1 fully saturated rings. The molecule has 0 aromatic heterocycles. The van der Waals surface area contributed by atoms with E-state index in [0.29, 0.717) is 25.3 Å². The van der Waals surface area contributed by atoms with Gasteiger partial charge in [0.25, 0.3) is 10.0 Å². The molecule has 2 aliphatic heterocycles. The van der Waals surface area contributed by atoms with Crippen molar-refractivity contribution in [1.29, 1.82) is 0 Å². The Morgan fingerprint density at radius 2 is 1.83 bits per heavy atom. The first-order valence-corrected chi connectivity index (χ1v) is 11.5. The predicted molar refractivity (Wildman–Crippen MR) is 114 cm³/mol. The van der Waals surface area contributed by atoms with E-state index >= 15 is 0 Å². The lowest BCUT2D eigenvalue weighted by Crippen LogP contribution is -2.48. The quantitative estimate of drug-likeness (QED) is 0.811. The van der Waals surface area contributed by atoms with Gasteiger partial charge in [-0.2, -0.15) is 0 Å². The molecule has 1 saturated heterocycles. The predicted octanol–water partition coefficient (Wildman–Crippen LogP) is 2.35. The minimum atomic E-state index is -3.65.